The SMILES string of the molecule is Nc1ncc(-c2ccc(Cl)nc2)c(-c2ccco2)n1. The molecule has 5 nitrogen and oxygen atoms in total. The van der Waals surface area contributed by atoms with Gasteiger partial charge in [-0.15, -0.1) is 0 Å². The summed E-state index contributed by atoms with van der Waals surface area (Å²) in [6.07, 6.45) is 4.88. The molecule has 0 aliphatic heterocycles. The number of hydrogen-bond acceptors (Lipinski definition) is 5. The van der Waals surface area contributed by atoms with E-state index in [4.69, 9.17) is 21.8 Å². The number of anilines is 1. The zero-order valence-electron chi connectivity index (χ0n) is 9.75. The van der Waals surface area contributed by atoms with Gasteiger partial charge in [0.25, 0.3) is 0 Å². The molecule has 19 heavy (non-hydrogen) atoms. The van der Waals surface area contributed by atoms with E-state index in [9.17, 15) is 0 Å². The van der Waals surface area contributed by atoms with Crippen LogP contribution in [0.25, 0.3) is 22.6 Å². The summed E-state index contributed by atoms with van der Waals surface area (Å²) in [5.41, 5.74) is 7.89. The summed E-state index contributed by atoms with van der Waals surface area (Å²) in [6.45, 7) is 0. The molecule has 6 heteroatoms. The van der Waals surface area contributed by atoms with Gasteiger partial charge in [-0.25, -0.2) is 15.0 Å². The van der Waals surface area contributed by atoms with E-state index in [-0.39, 0.29) is 5.95 Å². The summed E-state index contributed by atoms with van der Waals surface area (Å²) in [5.74, 6) is 0.816. The highest BCUT2D eigenvalue weighted by Gasteiger charge is 2.13. The van der Waals surface area contributed by atoms with Crippen LogP contribution in [0.4, 0.5) is 5.95 Å². The van der Waals surface area contributed by atoms with Crippen LogP contribution in [0.3, 0.4) is 0 Å². The summed E-state index contributed by atoms with van der Waals surface area (Å²) < 4.78 is 5.37. The van der Waals surface area contributed by atoms with Crippen LogP contribution in [0, 0.1) is 0 Å². The molecule has 0 radical (unpaired) electrons. The molecule has 3 aromatic rings. The first-order valence-corrected chi connectivity index (χ1v) is 5.90. The molecular formula is C13H9ClN4O. The van der Waals surface area contributed by atoms with Crippen LogP contribution in [0.5, 0.6) is 0 Å². The predicted octanol–water partition coefficient (Wildman–Crippen LogP) is 3.03. The summed E-state index contributed by atoms with van der Waals surface area (Å²) in [5, 5.41) is 0.430. The number of furan rings is 1. The molecule has 0 saturated heterocycles. The number of nitrogens with zero attached hydrogens (tertiary/aromatic N) is 3. The molecule has 3 heterocycles. The lowest BCUT2D eigenvalue weighted by Crippen LogP contribution is -1.98. The van der Waals surface area contributed by atoms with E-state index in [1.807, 2.05) is 12.1 Å². The van der Waals surface area contributed by atoms with Crippen LogP contribution in [-0.4, -0.2) is 15.0 Å². The molecule has 3 aromatic heterocycles. The molecule has 3 rings (SSSR count). The lowest BCUT2D eigenvalue weighted by Gasteiger charge is -2.06. The third-order valence-corrected chi connectivity index (χ3v) is 2.82. The molecule has 0 unspecified atom stereocenters. The van der Waals surface area contributed by atoms with E-state index < -0.39 is 0 Å². The fraction of sp³-hybridized carbons (Fsp3) is 0. The third kappa shape index (κ3) is 2.28. The summed E-state index contributed by atoms with van der Waals surface area (Å²) >= 11 is 5.78. The quantitative estimate of drug-likeness (QED) is 0.726. The Bertz CT molecular complexity index is 695. The fourth-order valence-electron chi connectivity index (χ4n) is 1.74. The van der Waals surface area contributed by atoms with Crippen molar-refractivity contribution >= 4 is 17.5 Å². The first-order valence-electron chi connectivity index (χ1n) is 5.52. The molecule has 2 N–H and O–H groups in total. The van der Waals surface area contributed by atoms with Gasteiger partial charge in [-0.3, -0.25) is 0 Å². The lowest BCUT2D eigenvalue weighted by molar-refractivity contribution is 0.580. The highest BCUT2D eigenvalue weighted by atomic mass is 35.5. The summed E-state index contributed by atoms with van der Waals surface area (Å²) in [6, 6.07) is 7.15. The van der Waals surface area contributed by atoms with Gasteiger partial charge in [-0.2, -0.15) is 0 Å². The first-order chi connectivity index (χ1) is 9.24. The standard InChI is InChI=1S/C13H9ClN4O/c14-11-4-3-8(6-16-11)9-7-17-13(15)18-12(9)10-2-1-5-19-10/h1-7H,(H2,15,17,18). The number of nitrogens with two attached hydrogens (primary N) is 1. The van der Waals surface area contributed by atoms with Gasteiger partial charge in [-0.1, -0.05) is 11.6 Å². The molecule has 94 valence electrons. The zero-order chi connectivity index (χ0) is 13.2. The van der Waals surface area contributed by atoms with Gasteiger partial charge in [0.2, 0.25) is 5.95 Å². The van der Waals surface area contributed by atoms with Gasteiger partial charge in [0, 0.05) is 23.5 Å². The van der Waals surface area contributed by atoms with E-state index >= 15 is 0 Å². The van der Waals surface area contributed by atoms with Crippen molar-refractivity contribution in [2.45, 2.75) is 0 Å². The van der Waals surface area contributed by atoms with Gasteiger partial charge in [0.15, 0.2) is 5.76 Å². The molecule has 0 aliphatic rings. The molecule has 0 spiro atoms. The lowest BCUT2D eigenvalue weighted by atomic mass is 10.1. The van der Waals surface area contributed by atoms with Gasteiger partial charge < -0.3 is 10.2 Å². The Kier molecular flexibility index (Phi) is 2.89. The largest absolute Gasteiger partial charge is 0.463 e. The first kappa shape index (κ1) is 11.7. The van der Waals surface area contributed by atoms with Crippen molar-refractivity contribution in [1.82, 2.24) is 15.0 Å². The number of hydrogen-bond donors (Lipinski definition) is 1. The average Bonchev–Trinajstić information content (AvgIpc) is 2.94. The Morgan fingerprint density at radius 3 is 2.68 bits per heavy atom. The molecular weight excluding hydrogens is 264 g/mol. The minimum atomic E-state index is 0.192. The van der Waals surface area contributed by atoms with Crippen molar-refractivity contribution in [3.8, 4) is 22.6 Å². The average molecular weight is 273 g/mol. The maximum atomic E-state index is 5.78. The van der Waals surface area contributed by atoms with E-state index in [0.29, 0.717) is 16.6 Å². The monoisotopic (exact) mass is 272 g/mol. The normalized spacial score (nSPS) is 10.6. The van der Waals surface area contributed by atoms with Crippen molar-refractivity contribution in [1.29, 1.82) is 0 Å². The molecule has 0 saturated carbocycles. The Labute approximate surface area is 114 Å². The Balaban J connectivity index is 2.18. The number of rotatable bonds is 2. The van der Waals surface area contributed by atoms with Crippen molar-refractivity contribution in [2.75, 3.05) is 5.73 Å². The van der Waals surface area contributed by atoms with E-state index in [2.05, 4.69) is 15.0 Å². The van der Waals surface area contributed by atoms with Crippen molar-refractivity contribution in [2.24, 2.45) is 0 Å². The van der Waals surface area contributed by atoms with Crippen molar-refractivity contribution < 1.29 is 4.42 Å². The highest BCUT2D eigenvalue weighted by molar-refractivity contribution is 6.29. The molecule has 0 bridgehead atoms. The Morgan fingerprint density at radius 1 is 1.11 bits per heavy atom. The Morgan fingerprint density at radius 2 is 2.00 bits per heavy atom. The van der Waals surface area contributed by atoms with Crippen LogP contribution in [0.2, 0.25) is 5.15 Å². The smallest absolute Gasteiger partial charge is 0.220 e. The van der Waals surface area contributed by atoms with Crippen LogP contribution < -0.4 is 5.73 Å². The van der Waals surface area contributed by atoms with E-state index in [1.165, 1.54) is 0 Å². The van der Waals surface area contributed by atoms with Crippen LogP contribution >= 0.6 is 11.6 Å². The van der Waals surface area contributed by atoms with Crippen LogP contribution in [0.15, 0.2) is 47.3 Å². The second kappa shape index (κ2) is 4.70. The molecule has 0 atom stereocenters. The topological polar surface area (TPSA) is 77.8 Å². The minimum absolute atomic E-state index is 0.192. The van der Waals surface area contributed by atoms with Gasteiger partial charge in [-0.05, 0) is 24.3 Å². The number of nitrogen functional groups attached to an aromatic ring is 1. The molecule has 0 aromatic carbocycles. The highest BCUT2D eigenvalue weighted by Crippen LogP contribution is 2.30. The summed E-state index contributed by atoms with van der Waals surface area (Å²) in [4.78, 5) is 12.3. The van der Waals surface area contributed by atoms with Crippen molar-refractivity contribution in [3.63, 3.8) is 0 Å². The number of halogens is 1. The third-order valence-electron chi connectivity index (χ3n) is 2.60. The number of pyridine rings is 1. The van der Waals surface area contributed by atoms with Gasteiger partial charge in [0.05, 0.1) is 6.26 Å². The maximum Gasteiger partial charge on any atom is 0.220 e. The summed E-state index contributed by atoms with van der Waals surface area (Å²) in [7, 11) is 0. The molecule has 0 aliphatic carbocycles. The second-order valence-corrected chi connectivity index (χ2v) is 4.22. The second-order valence-electron chi connectivity index (χ2n) is 3.84. The van der Waals surface area contributed by atoms with Crippen LogP contribution in [-0.2, 0) is 0 Å². The minimum Gasteiger partial charge on any atom is -0.463 e. The number of aromatic nitrogens is 3. The Hall–Kier alpha value is -2.40. The molecule has 0 amide bonds. The molecule has 0 fully saturated rings. The fourth-order valence-corrected chi connectivity index (χ4v) is 1.85. The van der Waals surface area contributed by atoms with Crippen molar-refractivity contribution in [3.05, 3.63) is 48.1 Å². The zero-order valence-corrected chi connectivity index (χ0v) is 10.5. The predicted molar refractivity (Wildman–Crippen MR) is 72.4 cm³/mol. The van der Waals surface area contributed by atoms with E-state index in [0.717, 1.165) is 11.1 Å². The van der Waals surface area contributed by atoms with Gasteiger partial charge in [0.1, 0.15) is 10.8 Å². The van der Waals surface area contributed by atoms with Crippen LogP contribution in [0.1, 0.15) is 0 Å². The maximum absolute atomic E-state index is 5.78. The van der Waals surface area contributed by atoms with E-state index in [1.54, 1.807) is 30.8 Å². The van der Waals surface area contributed by atoms with Gasteiger partial charge >= 0.3 is 0 Å².